The Labute approximate surface area is 123 Å². The number of hydrogen-bond donors (Lipinski definition) is 2. The molecule has 2 rings (SSSR count). The average molecular weight is 289 g/mol. The summed E-state index contributed by atoms with van der Waals surface area (Å²) in [4.78, 5) is 16.7. The quantitative estimate of drug-likeness (QED) is 0.888. The van der Waals surface area contributed by atoms with Gasteiger partial charge in [-0.15, -0.1) is 0 Å². The van der Waals surface area contributed by atoms with Crippen LogP contribution in [0.15, 0.2) is 29.0 Å². The molecule has 2 N–H and O–H groups in total. The highest BCUT2D eigenvalue weighted by molar-refractivity contribution is 7.07. The van der Waals surface area contributed by atoms with Gasteiger partial charge in [-0.05, 0) is 40.4 Å². The van der Waals surface area contributed by atoms with Crippen molar-refractivity contribution in [1.29, 1.82) is 0 Å². The molecular formula is C15H19N3OS. The standard InChI is InChI=1S/C15H19N3OS/c1-10(2)13-6-12(7-14(16-3)18-13)15(19)17-8-11-4-5-20-9-11/h4-7,9-10H,8H2,1-3H3,(H,16,18)(H,17,19). The summed E-state index contributed by atoms with van der Waals surface area (Å²) in [6.45, 7) is 4.68. The minimum atomic E-state index is -0.0722. The fourth-order valence-electron chi connectivity index (χ4n) is 1.78. The molecule has 0 saturated heterocycles. The molecule has 2 heterocycles. The molecule has 0 radical (unpaired) electrons. The number of amides is 1. The van der Waals surface area contributed by atoms with Crippen LogP contribution in [0.25, 0.3) is 0 Å². The number of hydrogen-bond acceptors (Lipinski definition) is 4. The van der Waals surface area contributed by atoms with Gasteiger partial charge in [0, 0.05) is 24.8 Å². The maximum Gasteiger partial charge on any atom is 0.251 e. The van der Waals surface area contributed by atoms with Gasteiger partial charge < -0.3 is 10.6 Å². The molecule has 0 spiro atoms. The molecule has 2 aromatic heterocycles. The van der Waals surface area contributed by atoms with E-state index in [-0.39, 0.29) is 11.8 Å². The molecule has 5 heteroatoms. The minimum Gasteiger partial charge on any atom is -0.373 e. The average Bonchev–Trinajstić information content (AvgIpc) is 2.97. The summed E-state index contributed by atoms with van der Waals surface area (Å²) in [5.74, 6) is 0.931. The lowest BCUT2D eigenvalue weighted by Gasteiger charge is -2.11. The van der Waals surface area contributed by atoms with Gasteiger partial charge in [0.15, 0.2) is 0 Å². The highest BCUT2D eigenvalue weighted by atomic mass is 32.1. The molecule has 0 unspecified atom stereocenters. The molecular weight excluding hydrogens is 270 g/mol. The first-order valence-corrected chi connectivity index (χ1v) is 7.53. The van der Waals surface area contributed by atoms with Crippen LogP contribution in [0.3, 0.4) is 0 Å². The van der Waals surface area contributed by atoms with Crippen molar-refractivity contribution in [2.24, 2.45) is 0 Å². The van der Waals surface area contributed by atoms with E-state index in [1.165, 1.54) is 0 Å². The number of pyridine rings is 1. The van der Waals surface area contributed by atoms with Crippen molar-refractivity contribution in [3.63, 3.8) is 0 Å². The normalized spacial score (nSPS) is 10.6. The van der Waals surface area contributed by atoms with Gasteiger partial charge in [0.1, 0.15) is 5.82 Å². The van der Waals surface area contributed by atoms with E-state index in [1.54, 1.807) is 24.5 Å². The summed E-state index contributed by atoms with van der Waals surface area (Å²) < 4.78 is 0. The SMILES string of the molecule is CNc1cc(C(=O)NCc2ccsc2)cc(C(C)C)n1. The number of anilines is 1. The molecule has 0 aliphatic carbocycles. The second-order valence-corrected chi connectivity index (χ2v) is 5.66. The van der Waals surface area contributed by atoms with Crippen molar-refractivity contribution in [3.05, 3.63) is 45.8 Å². The molecule has 0 aliphatic rings. The Balaban J connectivity index is 2.14. The summed E-state index contributed by atoms with van der Waals surface area (Å²) in [5.41, 5.74) is 2.68. The van der Waals surface area contributed by atoms with Gasteiger partial charge in [0.25, 0.3) is 5.91 Å². The van der Waals surface area contributed by atoms with Crippen molar-refractivity contribution in [2.45, 2.75) is 26.3 Å². The van der Waals surface area contributed by atoms with Gasteiger partial charge in [-0.25, -0.2) is 4.98 Å². The number of carbonyl (C=O) groups excluding carboxylic acids is 1. The molecule has 4 nitrogen and oxygen atoms in total. The van der Waals surface area contributed by atoms with E-state index in [4.69, 9.17) is 0 Å². The van der Waals surface area contributed by atoms with E-state index in [0.717, 1.165) is 17.1 Å². The summed E-state index contributed by atoms with van der Waals surface area (Å²) in [6.07, 6.45) is 0. The zero-order chi connectivity index (χ0) is 14.5. The summed E-state index contributed by atoms with van der Waals surface area (Å²) in [6, 6.07) is 5.64. The lowest BCUT2D eigenvalue weighted by Crippen LogP contribution is -2.23. The lowest BCUT2D eigenvalue weighted by molar-refractivity contribution is 0.0951. The third-order valence-electron chi connectivity index (χ3n) is 2.99. The first-order valence-electron chi connectivity index (χ1n) is 6.59. The summed E-state index contributed by atoms with van der Waals surface area (Å²) in [5, 5.41) is 9.97. The van der Waals surface area contributed by atoms with Gasteiger partial charge >= 0.3 is 0 Å². The number of carbonyl (C=O) groups is 1. The minimum absolute atomic E-state index is 0.0722. The van der Waals surface area contributed by atoms with E-state index in [1.807, 2.05) is 22.9 Å². The Morgan fingerprint density at radius 3 is 2.80 bits per heavy atom. The maximum absolute atomic E-state index is 12.2. The first kappa shape index (κ1) is 14.5. The maximum atomic E-state index is 12.2. The lowest BCUT2D eigenvalue weighted by atomic mass is 10.1. The van der Waals surface area contributed by atoms with Crippen molar-refractivity contribution in [3.8, 4) is 0 Å². The van der Waals surface area contributed by atoms with Crippen molar-refractivity contribution < 1.29 is 4.79 Å². The highest BCUT2D eigenvalue weighted by Gasteiger charge is 2.11. The molecule has 2 aromatic rings. The Bertz CT molecular complexity index is 579. The van der Waals surface area contributed by atoms with Crippen LogP contribution in [0, 0.1) is 0 Å². The van der Waals surface area contributed by atoms with Crippen LogP contribution in [0.1, 0.15) is 41.4 Å². The van der Waals surface area contributed by atoms with Gasteiger partial charge in [-0.1, -0.05) is 13.8 Å². The predicted molar refractivity (Wildman–Crippen MR) is 83.4 cm³/mol. The molecule has 1 amide bonds. The zero-order valence-corrected chi connectivity index (χ0v) is 12.8. The van der Waals surface area contributed by atoms with E-state index in [9.17, 15) is 4.79 Å². The van der Waals surface area contributed by atoms with E-state index >= 15 is 0 Å². The van der Waals surface area contributed by atoms with Crippen LogP contribution in [-0.2, 0) is 6.54 Å². The molecule has 106 valence electrons. The third kappa shape index (κ3) is 3.57. The predicted octanol–water partition coefficient (Wildman–Crippen LogP) is 3.24. The smallest absolute Gasteiger partial charge is 0.251 e. The highest BCUT2D eigenvalue weighted by Crippen LogP contribution is 2.17. The van der Waals surface area contributed by atoms with Gasteiger partial charge in [0.05, 0.1) is 0 Å². The molecule has 0 aromatic carbocycles. The fourth-order valence-corrected chi connectivity index (χ4v) is 2.45. The van der Waals surface area contributed by atoms with Crippen LogP contribution in [0.5, 0.6) is 0 Å². The Morgan fingerprint density at radius 2 is 2.20 bits per heavy atom. The summed E-state index contributed by atoms with van der Waals surface area (Å²) >= 11 is 1.63. The Kier molecular flexibility index (Phi) is 4.74. The Hall–Kier alpha value is -1.88. The second-order valence-electron chi connectivity index (χ2n) is 4.88. The topological polar surface area (TPSA) is 54.0 Å². The molecule has 0 aliphatic heterocycles. The van der Waals surface area contributed by atoms with Crippen LogP contribution in [0.4, 0.5) is 5.82 Å². The van der Waals surface area contributed by atoms with Gasteiger partial charge in [-0.2, -0.15) is 11.3 Å². The van der Waals surface area contributed by atoms with Crippen LogP contribution < -0.4 is 10.6 Å². The number of nitrogens with zero attached hydrogens (tertiary/aromatic N) is 1. The first-order chi connectivity index (χ1) is 9.60. The molecule has 0 fully saturated rings. The summed E-state index contributed by atoms with van der Waals surface area (Å²) in [7, 11) is 1.81. The zero-order valence-electron chi connectivity index (χ0n) is 11.9. The van der Waals surface area contributed by atoms with E-state index in [2.05, 4.69) is 29.5 Å². The Morgan fingerprint density at radius 1 is 1.40 bits per heavy atom. The van der Waals surface area contributed by atoms with Gasteiger partial charge in [0.2, 0.25) is 0 Å². The number of rotatable bonds is 5. The van der Waals surface area contributed by atoms with Crippen LogP contribution >= 0.6 is 11.3 Å². The van der Waals surface area contributed by atoms with Crippen molar-refractivity contribution in [2.75, 3.05) is 12.4 Å². The van der Waals surface area contributed by atoms with Crippen LogP contribution in [-0.4, -0.2) is 17.9 Å². The molecule has 0 saturated carbocycles. The largest absolute Gasteiger partial charge is 0.373 e. The number of aromatic nitrogens is 1. The monoisotopic (exact) mass is 289 g/mol. The molecule has 0 atom stereocenters. The number of thiophene rings is 1. The van der Waals surface area contributed by atoms with Crippen molar-refractivity contribution in [1.82, 2.24) is 10.3 Å². The molecule has 0 bridgehead atoms. The van der Waals surface area contributed by atoms with E-state index < -0.39 is 0 Å². The van der Waals surface area contributed by atoms with Crippen LogP contribution in [0.2, 0.25) is 0 Å². The number of nitrogens with one attached hydrogen (secondary N) is 2. The molecule has 20 heavy (non-hydrogen) atoms. The third-order valence-corrected chi connectivity index (χ3v) is 3.72. The second kappa shape index (κ2) is 6.52. The van der Waals surface area contributed by atoms with Gasteiger partial charge in [-0.3, -0.25) is 4.79 Å². The van der Waals surface area contributed by atoms with Crippen molar-refractivity contribution >= 4 is 23.1 Å². The fraction of sp³-hybridized carbons (Fsp3) is 0.333. The van der Waals surface area contributed by atoms with E-state index in [0.29, 0.717) is 12.1 Å².